The van der Waals surface area contributed by atoms with E-state index in [0.717, 1.165) is 5.56 Å². The summed E-state index contributed by atoms with van der Waals surface area (Å²) >= 11 is 0. The van der Waals surface area contributed by atoms with E-state index in [4.69, 9.17) is 4.74 Å². The summed E-state index contributed by atoms with van der Waals surface area (Å²) in [5.74, 6) is -0.572. The van der Waals surface area contributed by atoms with Crippen LogP contribution in [0.15, 0.2) is 29.5 Å². The van der Waals surface area contributed by atoms with Crippen molar-refractivity contribution in [3.05, 3.63) is 35.1 Å². The molecule has 1 aromatic rings. The topological polar surface area (TPSA) is 83.9 Å². The first-order chi connectivity index (χ1) is 11.4. The molecular formula is C18H19NO5. The van der Waals surface area contributed by atoms with Crippen molar-refractivity contribution >= 4 is 23.2 Å². The second-order valence-electron chi connectivity index (χ2n) is 6.10. The number of carbonyl (C=O) groups excluding carboxylic acids is 3. The zero-order valence-corrected chi connectivity index (χ0v) is 13.7. The quantitative estimate of drug-likeness (QED) is 0.511. The molecule has 3 rings (SSSR count). The number of hydrogen-bond donors (Lipinski definition) is 1. The number of ether oxygens (including phenoxy) is 1. The minimum atomic E-state index is -0.325. The largest absolute Gasteiger partial charge is 0.511 e. The van der Waals surface area contributed by atoms with Crippen molar-refractivity contribution in [3.8, 4) is 5.75 Å². The first kappa shape index (κ1) is 16.2. The predicted molar refractivity (Wildman–Crippen MR) is 87.3 cm³/mol. The number of likely N-dealkylation sites (N-methyl/N-ethyl adjacent to an activating group) is 1. The Balaban J connectivity index is 1.91. The van der Waals surface area contributed by atoms with Crippen LogP contribution in [0, 0.1) is 0 Å². The van der Waals surface area contributed by atoms with Crippen LogP contribution in [0.1, 0.15) is 37.7 Å². The van der Waals surface area contributed by atoms with Gasteiger partial charge >= 0.3 is 0 Å². The zero-order valence-electron chi connectivity index (χ0n) is 13.7. The normalized spacial score (nSPS) is 20.8. The van der Waals surface area contributed by atoms with Crippen molar-refractivity contribution in [2.24, 2.45) is 0 Å². The molecule has 1 aliphatic heterocycles. The molecule has 24 heavy (non-hydrogen) atoms. The van der Waals surface area contributed by atoms with E-state index in [1.807, 2.05) is 6.07 Å². The number of anilines is 1. The molecule has 1 heterocycles. The third-order valence-electron chi connectivity index (χ3n) is 4.59. The Morgan fingerprint density at radius 2 is 1.92 bits per heavy atom. The van der Waals surface area contributed by atoms with Crippen molar-refractivity contribution in [1.29, 1.82) is 0 Å². The van der Waals surface area contributed by atoms with Gasteiger partial charge in [-0.1, -0.05) is 13.0 Å². The summed E-state index contributed by atoms with van der Waals surface area (Å²) in [4.78, 5) is 37.8. The number of benzene rings is 1. The second kappa shape index (κ2) is 6.11. The van der Waals surface area contributed by atoms with Gasteiger partial charge in [-0.2, -0.15) is 0 Å². The van der Waals surface area contributed by atoms with Gasteiger partial charge in [-0.05, 0) is 23.6 Å². The molecule has 0 unspecified atom stereocenters. The lowest BCUT2D eigenvalue weighted by atomic mass is 9.79. The molecule has 0 atom stereocenters. The Kier molecular flexibility index (Phi) is 4.13. The predicted octanol–water partition coefficient (Wildman–Crippen LogP) is 2.28. The first-order valence-electron chi connectivity index (χ1n) is 7.94. The number of ketones is 2. The maximum atomic E-state index is 12.3. The lowest BCUT2D eigenvalue weighted by molar-refractivity contribution is -0.125. The average molecular weight is 329 g/mol. The fraction of sp³-hybridized carbons (Fsp3) is 0.389. The Morgan fingerprint density at radius 3 is 2.54 bits per heavy atom. The molecule has 0 radical (unpaired) electrons. The number of aliphatic hydroxyl groups is 1. The van der Waals surface area contributed by atoms with Crippen LogP contribution in [-0.2, 0) is 14.4 Å². The summed E-state index contributed by atoms with van der Waals surface area (Å²) in [7, 11) is 1.67. The Bertz CT molecular complexity index is 745. The monoisotopic (exact) mass is 329 g/mol. The fourth-order valence-corrected chi connectivity index (χ4v) is 3.16. The second-order valence-corrected chi connectivity index (χ2v) is 6.10. The molecule has 2 aliphatic rings. The van der Waals surface area contributed by atoms with E-state index in [1.54, 1.807) is 26.1 Å². The molecule has 1 amide bonds. The zero-order chi connectivity index (χ0) is 17.4. The number of amides is 1. The van der Waals surface area contributed by atoms with Crippen LogP contribution in [0.3, 0.4) is 0 Å². The van der Waals surface area contributed by atoms with Gasteiger partial charge in [0.2, 0.25) is 0 Å². The Morgan fingerprint density at radius 1 is 1.25 bits per heavy atom. The number of fused-ring (bicyclic) bond motifs is 1. The molecule has 0 spiro atoms. The highest BCUT2D eigenvalue weighted by atomic mass is 16.5. The van der Waals surface area contributed by atoms with E-state index in [-0.39, 0.29) is 60.6 Å². The lowest BCUT2D eigenvalue weighted by Gasteiger charge is -2.28. The number of hydrogen-bond acceptors (Lipinski definition) is 5. The molecule has 1 aromatic carbocycles. The number of allylic oxidation sites excluding steroid dienone is 2. The van der Waals surface area contributed by atoms with Crippen molar-refractivity contribution in [3.63, 3.8) is 0 Å². The third-order valence-corrected chi connectivity index (χ3v) is 4.59. The van der Waals surface area contributed by atoms with Gasteiger partial charge in [-0.15, -0.1) is 0 Å². The smallest absolute Gasteiger partial charge is 0.264 e. The van der Waals surface area contributed by atoms with E-state index in [9.17, 15) is 19.5 Å². The number of carbonyl (C=O) groups is 3. The third kappa shape index (κ3) is 2.68. The van der Waals surface area contributed by atoms with Crippen molar-refractivity contribution in [1.82, 2.24) is 0 Å². The average Bonchev–Trinajstić information content (AvgIpc) is 2.57. The van der Waals surface area contributed by atoms with Crippen molar-refractivity contribution in [2.45, 2.75) is 32.1 Å². The molecule has 1 aliphatic carbocycles. The first-order valence-corrected chi connectivity index (χ1v) is 7.94. The van der Waals surface area contributed by atoms with Crippen LogP contribution >= 0.6 is 0 Å². The standard InChI is InChI=1S/C18H19NO5/c1-3-13(20)18-14(21)7-11(8-15(18)22)10-4-5-16-12(6-10)19(2)17(23)9-24-16/h4-6,11,20H,3,7-9H2,1-2H3. The molecule has 1 saturated carbocycles. The highest BCUT2D eigenvalue weighted by Gasteiger charge is 2.34. The van der Waals surface area contributed by atoms with Gasteiger partial charge in [0.05, 0.1) is 11.3 Å². The van der Waals surface area contributed by atoms with Gasteiger partial charge in [-0.3, -0.25) is 14.4 Å². The summed E-state index contributed by atoms with van der Waals surface area (Å²) in [5, 5.41) is 9.78. The molecule has 1 fully saturated rings. The maximum absolute atomic E-state index is 12.3. The highest BCUT2D eigenvalue weighted by Crippen LogP contribution is 2.38. The summed E-state index contributed by atoms with van der Waals surface area (Å²) in [6, 6.07) is 5.38. The number of Topliss-reactive ketones (excluding diaryl/α,β-unsaturated/α-hetero) is 2. The molecule has 6 heteroatoms. The van der Waals surface area contributed by atoms with Crippen LogP contribution in [0.4, 0.5) is 5.69 Å². The minimum absolute atomic E-state index is 0.00764. The molecule has 0 saturated heterocycles. The van der Waals surface area contributed by atoms with Crippen molar-refractivity contribution < 1.29 is 24.2 Å². The van der Waals surface area contributed by atoms with Gasteiger partial charge in [-0.25, -0.2) is 0 Å². The Hall–Kier alpha value is -2.63. The number of nitrogens with zero attached hydrogens (tertiary/aromatic N) is 1. The molecule has 1 N–H and O–H groups in total. The lowest BCUT2D eigenvalue weighted by Crippen LogP contribution is -2.35. The molecular weight excluding hydrogens is 310 g/mol. The Labute approximate surface area is 139 Å². The van der Waals surface area contributed by atoms with Crippen LogP contribution in [0.5, 0.6) is 5.75 Å². The maximum Gasteiger partial charge on any atom is 0.264 e. The van der Waals surface area contributed by atoms with Crippen LogP contribution in [0.2, 0.25) is 0 Å². The highest BCUT2D eigenvalue weighted by molar-refractivity contribution is 6.22. The van der Waals surface area contributed by atoms with Gasteiger partial charge < -0.3 is 14.7 Å². The molecule has 0 bridgehead atoms. The van der Waals surface area contributed by atoms with Crippen molar-refractivity contribution in [2.75, 3.05) is 18.6 Å². The molecule has 0 aromatic heterocycles. The number of rotatable bonds is 2. The minimum Gasteiger partial charge on any atom is -0.511 e. The summed E-state index contributed by atoms with van der Waals surface area (Å²) in [6.45, 7) is 1.71. The molecule has 6 nitrogen and oxygen atoms in total. The molecule has 126 valence electrons. The van der Waals surface area contributed by atoms with Crippen LogP contribution in [0.25, 0.3) is 0 Å². The van der Waals surface area contributed by atoms with E-state index in [1.165, 1.54) is 4.90 Å². The summed E-state index contributed by atoms with van der Waals surface area (Å²) in [6.07, 6.45) is 0.603. The van der Waals surface area contributed by atoms with Crippen LogP contribution in [-0.4, -0.2) is 36.2 Å². The van der Waals surface area contributed by atoms with E-state index >= 15 is 0 Å². The summed E-state index contributed by atoms with van der Waals surface area (Å²) < 4.78 is 5.39. The number of aliphatic hydroxyl groups excluding tert-OH is 1. The van der Waals surface area contributed by atoms with E-state index in [2.05, 4.69) is 0 Å². The van der Waals surface area contributed by atoms with Gasteiger partial charge in [0.1, 0.15) is 11.5 Å². The van der Waals surface area contributed by atoms with Gasteiger partial charge in [0.15, 0.2) is 18.2 Å². The SMILES string of the molecule is CCC(O)=C1C(=O)CC(c2ccc3c(c2)N(C)C(=O)CO3)CC1=O. The summed E-state index contributed by atoms with van der Waals surface area (Å²) in [5.41, 5.74) is 1.40. The van der Waals surface area contributed by atoms with Gasteiger partial charge in [0.25, 0.3) is 5.91 Å². The van der Waals surface area contributed by atoms with E-state index < -0.39 is 0 Å². The fourth-order valence-electron chi connectivity index (χ4n) is 3.16. The van der Waals surface area contributed by atoms with Crippen LogP contribution < -0.4 is 9.64 Å². The van der Waals surface area contributed by atoms with E-state index in [0.29, 0.717) is 11.4 Å². The van der Waals surface area contributed by atoms with Gasteiger partial charge in [0, 0.05) is 26.3 Å².